The maximum atomic E-state index is 12.6. The van der Waals surface area contributed by atoms with Crippen molar-refractivity contribution < 1.29 is 9.50 Å². The Morgan fingerprint density at radius 1 is 1.62 bits per heavy atom. The van der Waals surface area contributed by atoms with Gasteiger partial charge in [0.2, 0.25) is 0 Å². The average Bonchev–Trinajstić information content (AvgIpc) is 2.22. The number of aliphatic hydroxyl groups is 1. The largest absolute Gasteiger partial charge is 0.391 e. The van der Waals surface area contributed by atoms with Crippen molar-refractivity contribution in [3.63, 3.8) is 0 Å². The standard InChI is InChI=1S/C10H20FNO/c1-8(11)4-5-12-6-9(13)10(2,3)7-12/h8-9,13H,4-7H2,1-3H3. The molecule has 78 valence electrons. The molecule has 2 nitrogen and oxygen atoms in total. The van der Waals surface area contributed by atoms with Gasteiger partial charge in [-0.05, 0) is 13.3 Å². The Morgan fingerprint density at radius 3 is 2.62 bits per heavy atom. The quantitative estimate of drug-likeness (QED) is 0.726. The van der Waals surface area contributed by atoms with Crippen LogP contribution in [0.25, 0.3) is 0 Å². The summed E-state index contributed by atoms with van der Waals surface area (Å²) in [5.41, 5.74) is -0.0282. The van der Waals surface area contributed by atoms with Gasteiger partial charge in [0.25, 0.3) is 0 Å². The Bertz CT molecular complexity index is 170. The lowest BCUT2D eigenvalue weighted by Gasteiger charge is -2.21. The third kappa shape index (κ3) is 2.92. The molecule has 13 heavy (non-hydrogen) atoms. The fourth-order valence-electron chi connectivity index (χ4n) is 1.77. The highest BCUT2D eigenvalue weighted by molar-refractivity contribution is 4.90. The van der Waals surface area contributed by atoms with Gasteiger partial charge in [0.1, 0.15) is 0 Å². The second-order valence-corrected chi connectivity index (χ2v) is 4.81. The number of hydrogen-bond donors (Lipinski definition) is 1. The van der Waals surface area contributed by atoms with Crippen molar-refractivity contribution >= 4 is 0 Å². The molecule has 0 radical (unpaired) electrons. The molecule has 1 rings (SSSR count). The van der Waals surface area contributed by atoms with Crippen LogP contribution in [0.5, 0.6) is 0 Å². The van der Waals surface area contributed by atoms with Crippen LogP contribution in [0.2, 0.25) is 0 Å². The fraction of sp³-hybridized carbons (Fsp3) is 1.00. The summed E-state index contributed by atoms with van der Waals surface area (Å²) in [6, 6.07) is 0. The smallest absolute Gasteiger partial charge is 0.0985 e. The minimum absolute atomic E-state index is 0.0282. The van der Waals surface area contributed by atoms with Gasteiger partial charge in [-0.25, -0.2) is 4.39 Å². The highest BCUT2D eigenvalue weighted by Gasteiger charge is 2.37. The number of likely N-dealkylation sites (tertiary alicyclic amines) is 1. The Morgan fingerprint density at radius 2 is 2.23 bits per heavy atom. The molecule has 1 N–H and O–H groups in total. The molecule has 3 heteroatoms. The highest BCUT2D eigenvalue weighted by Crippen LogP contribution is 2.29. The van der Waals surface area contributed by atoms with E-state index in [1.807, 2.05) is 0 Å². The summed E-state index contributed by atoms with van der Waals surface area (Å²) in [5, 5.41) is 9.66. The molecular weight excluding hydrogens is 169 g/mol. The van der Waals surface area contributed by atoms with E-state index in [9.17, 15) is 9.50 Å². The summed E-state index contributed by atoms with van der Waals surface area (Å²) in [5.74, 6) is 0. The number of rotatable bonds is 3. The Labute approximate surface area is 79.7 Å². The number of aliphatic hydroxyl groups excluding tert-OH is 1. The van der Waals surface area contributed by atoms with Gasteiger partial charge in [-0.1, -0.05) is 13.8 Å². The van der Waals surface area contributed by atoms with E-state index < -0.39 is 6.17 Å². The van der Waals surface area contributed by atoms with Crippen molar-refractivity contribution in [1.82, 2.24) is 4.90 Å². The van der Waals surface area contributed by atoms with E-state index in [1.165, 1.54) is 0 Å². The first kappa shape index (κ1) is 10.9. The molecule has 0 amide bonds. The van der Waals surface area contributed by atoms with Gasteiger partial charge in [-0.2, -0.15) is 0 Å². The van der Waals surface area contributed by atoms with Gasteiger partial charge in [-0.3, -0.25) is 0 Å². The number of alkyl halides is 1. The van der Waals surface area contributed by atoms with Gasteiger partial charge >= 0.3 is 0 Å². The van der Waals surface area contributed by atoms with Crippen LogP contribution < -0.4 is 0 Å². The Kier molecular flexibility index (Phi) is 3.30. The van der Waals surface area contributed by atoms with E-state index in [0.29, 0.717) is 13.0 Å². The molecule has 0 aromatic rings. The van der Waals surface area contributed by atoms with Crippen molar-refractivity contribution in [2.75, 3.05) is 19.6 Å². The molecular formula is C10H20FNO. The van der Waals surface area contributed by atoms with Crippen molar-refractivity contribution in [3.05, 3.63) is 0 Å². The first-order chi connectivity index (χ1) is 5.92. The molecule has 0 aliphatic carbocycles. The predicted octanol–water partition coefficient (Wildman–Crippen LogP) is 1.44. The van der Waals surface area contributed by atoms with Crippen LogP contribution in [0.3, 0.4) is 0 Å². The second kappa shape index (κ2) is 3.93. The zero-order valence-electron chi connectivity index (χ0n) is 8.76. The first-order valence-electron chi connectivity index (χ1n) is 4.96. The van der Waals surface area contributed by atoms with Crippen molar-refractivity contribution in [3.8, 4) is 0 Å². The van der Waals surface area contributed by atoms with Crippen molar-refractivity contribution in [2.45, 2.75) is 39.5 Å². The molecule has 1 heterocycles. The third-order valence-corrected chi connectivity index (χ3v) is 2.81. The van der Waals surface area contributed by atoms with Gasteiger partial charge in [0.15, 0.2) is 0 Å². The molecule has 1 saturated heterocycles. The molecule has 1 aliphatic heterocycles. The van der Waals surface area contributed by atoms with E-state index in [0.717, 1.165) is 13.1 Å². The van der Waals surface area contributed by atoms with Crippen LogP contribution in [0.15, 0.2) is 0 Å². The lowest BCUT2D eigenvalue weighted by atomic mass is 9.90. The summed E-state index contributed by atoms with van der Waals surface area (Å²) in [6.45, 7) is 8.02. The zero-order valence-corrected chi connectivity index (χ0v) is 8.76. The van der Waals surface area contributed by atoms with Gasteiger partial charge in [-0.15, -0.1) is 0 Å². The van der Waals surface area contributed by atoms with Gasteiger partial charge in [0.05, 0.1) is 12.3 Å². The summed E-state index contributed by atoms with van der Waals surface area (Å²) in [4.78, 5) is 2.14. The van der Waals surface area contributed by atoms with Crippen LogP contribution in [0.4, 0.5) is 4.39 Å². The predicted molar refractivity (Wildman–Crippen MR) is 51.4 cm³/mol. The minimum atomic E-state index is -0.735. The van der Waals surface area contributed by atoms with Gasteiger partial charge < -0.3 is 10.0 Å². The molecule has 1 aliphatic rings. The molecule has 0 spiro atoms. The van der Waals surface area contributed by atoms with E-state index in [4.69, 9.17) is 0 Å². The monoisotopic (exact) mass is 189 g/mol. The van der Waals surface area contributed by atoms with Crippen LogP contribution in [-0.2, 0) is 0 Å². The third-order valence-electron chi connectivity index (χ3n) is 2.81. The number of halogens is 1. The van der Waals surface area contributed by atoms with E-state index >= 15 is 0 Å². The van der Waals surface area contributed by atoms with Crippen molar-refractivity contribution in [2.24, 2.45) is 5.41 Å². The molecule has 2 atom stereocenters. The molecule has 1 fully saturated rings. The number of nitrogens with zero attached hydrogens (tertiary/aromatic N) is 1. The number of hydrogen-bond acceptors (Lipinski definition) is 2. The number of β-amino-alcohol motifs (C(OH)–C–C–N with tert-alkyl or cyclic N) is 1. The molecule has 0 aromatic carbocycles. The Hall–Kier alpha value is -0.150. The molecule has 0 bridgehead atoms. The summed E-state index contributed by atoms with van der Waals surface area (Å²) in [7, 11) is 0. The summed E-state index contributed by atoms with van der Waals surface area (Å²) in [6.07, 6.45) is -0.425. The normalized spacial score (nSPS) is 30.7. The van der Waals surface area contributed by atoms with E-state index in [-0.39, 0.29) is 11.5 Å². The average molecular weight is 189 g/mol. The topological polar surface area (TPSA) is 23.5 Å². The van der Waals surface area contributed by atoms with Crippen LogP contribution in [-0.4, -0.2) is 41.9 Å². The molecule has 0 aromatic heterocycles. The van der Waals surface area contributed by atoms with Crippen LogP contribution >= 0.6 is 0 Å². The van der Waals surface area contributed by atoms with Crippen LogP contribution in [0, 0.1) is 5.41 Å². The molecule has 2 unspecified atom stereocenters. The second-order valence-electron chi connectivity index (χ2n) is 4.81. The minimum Gasteiger partial charge on any atom is -0.391 e. The van der Waals surface area contributed by atoms with Crippen molar-refractivity contribution in [1.29, 1.82) is 0 Å². The SMILES string of the molecule is CC(F)CCN1CC(O)C(C)(C)C1. The molecule has 0 saturated carbocycles. The van der Waals surface area contributed by atoms with E-state index in [2.05, 4.69) is 18.7 Å². The Balaban J connectivity index is 2.32. The maximum absolute atomic E-state index is 12.6. The van der Waals surface area contributed by atoms with Crippen LogP contribution in [0.1, 0.15) is 27.2 Å². The summed E-state index contributed by atoms with van der Waals surface area (Å²) >= 11 is 0. The lowest BCUT2D eigenvalue weighted by molar-refractivity contribution is 0.0954. The highest BCUT2D eigenvalue weighted by atomic mass is 19.1. The summed E-state index contributed by atoms with van der Waals surface area (Å²) < 4.78 is 12.6. The maximum Gasteiger partial charge on any atom is 0.0985 e. The van der Waals surface area contributed by atoms with E-state index in [1.54, 1.807) is 6.92 Å². The van der Waals surface area contributed by atoms with Gasteiger partial charge in [0, 0.05) is 25.0 Å². The fourth-order valence-corrected chi connectivity index (χ4v) is 1.77. The first-order valence-corrected chi connectivity index (χ1v) is 4.96. The zero-order chi connectivity index (χ0) is 10.1. The lowest BCUT2D eigenvalue weighted by Crippen LogP contribution is -2.26.